The molecule has 0 aliphatic heterocycles. The lowest BCUT2D eigenvalue weighted by molar-refractivity contribution is -0.120. The molecule has 0 aliphatic rings. The van der Waals surface area contributed by atoms with Crippen molar-refractivity contribution in [1.29, 1.82) is 0 Å². The number of ether oxygens (including phenoxy) is 1. The van der Waals surface area contributed by atoms with Gasteiger partial charge in [-0.05, 0) is 44.5 Å². The molecule has 2 aromatic carbocycles. The monoisotopic (exact) mass is 423 g/mol. The van der Waals surface area contributed by atoms with Crippen LogP contribution in [0.25, 0.3) is 0 Å². The van der Waals surface area contributed by atoms with Crippen molar-refractivity contribution in [1.82, 2.24) is 10.3 Å². The van der Waals surface area contributed by atoms with Crippen molar-refractivity contribution in [3.63, 3.8) is 0 Å². The molecule has 1 heterocycles. The van der Waals surface area contributed by atoms with Gasteiger partial charge in [0.05, 0.1) is 12.1 Å². The summed E-state index contributed by atoms with van der Waals surface area (Å²) >= 11 is 1.52. The third-order valence-electron chi connectivity index (χ3n) is 4.87. The second kappa shape index (κ2) is 10.8. The number of carbonyl (C=O) groups is 1. The van der Waals surface area contributed by atoms with E-state index in [9.17, 15) is 4.79 Å². The predicted molar refractivity (Wildman–Crippen MR) is 123 cm³/mol. The zero-order chi connectivity index (χ0) is 21.3. The molecule has 1 aromatic heterocycles. The number of para-hydroxylation sites is 1. The average molecular weight is 424 g/mol. The van der Waals surface area contributed by atoms with Gasteiger partial charge < -0.3 is 15.0 Å². The summed E-state index contributed by atoms with van der Waals surface area (Å²) in [4.78, 5) is 19.1. The van der Waals surface area contributed by atoms with Crippen LogP contribution in [0.5, 0.6) is 5.75 Å². The minimum absolute atomic E-state index is 0.00728. The van der Waals surface area contributed by atoms with Gasteiger partial charge in [-0.1, -0.05) is 35.9 Å². The summed E-state index contributed by atoms with van der Waals surface area (Å²) in [6.45, 7) is 8.98. The van der Waals surface area contributed by atoms with Crippen LogP contribution in [0.2, 0.25) is 0 Å². The van der Waals surface area contributed by atoms with Crippen molar-refractivity contribution in [2.75, 3.05) is 24.5 Å². The fourth-order valence-electron chi connectivity index (χ4n) is 3.20. The number of nitrogens with one attached hydrogen (secondary N) is 1. The maximum absolute atomic E-state index is 12.3. The van der Waals surface area contributed by atoms with E-state index in [0.717, 1.165) is 29.5 Å². The zero-order valence-electron chi connectivity index (χ0n) is 17.9. The van der Waals surface area contributed by atoms with Crippen molar-refractivity contribution in [3.05, 3.63) is 75.7 Å². The fraction of sp³-hybridized carbons (Fsp3) is 0.333. The topological polar surface area (TPSA) is 54.5 Å². The number of nitrogens with zero attached hydrogens (tertiary/aromatic N) is 2. The SMILES string of the molecule is CCN(CCNC(=O)Cc1csc(COc2ccc(C)cc2)n1)c1ccccc1C. The molecular weight excluding hydrogens is 394 g/mol. The first-order valence-electron chi connectivity index (χ1n) is 10.2. The first-order valence-corrected chi connectivity index (χ1v) is 11.1. The zero-order valence-corrected chi connectivity index (χ0v) is 18.7. The van der Waals surface area contributed by atoms with Crippen LogP contribution in [-0.4, -0.2) is 30.5 Å². The Kier molecular flexibility index (Phi) is 7.85. The molecule has 0 fully saturated rings. The molecule has 3 rings (SSSR count). The number of likely N-dealkylation sites (N-methyl/N-ethyl adjacent to an activating group) is 1. The number of amides is 1. The Morgan fingerprint density at radius 2 is 1.90 bits per heavy atom. The number of aryl methyl sites for hydroxylation is 2. The molecule has 6 heteroatoms. The molecular formula is C24H29N3O2S. The first-order chi connectivity index (χ1) is 14.5. The molecule has 3 aromatic rings. The third-order valence-corrected chi connectivity index (χ3v) is 5.74. The highest BCUT2D eigenvalue weighted by atomic mass is 32.1. The van der Waals surface area contributed by atoms with E-state index in [-0.39, 0.29) is 12.3 Å². The molecule has 0 spiro atoms. The normalized spacial score (nSPS) is 10.6. The largest absolute Gasteiger partial charge is 0.486 e. The number of carbonyl (C=O) groups excluding carboxylic acids is 1. The van der Waals surface area contributed by atoms with Gasteiger partial charge in [-0.15, -0.1) is 11.3 Å². The van der Waals surface area contributed by atoms with Crippen LogP contribution < -0.4 is 15.0 Å². The molecule has 0 bridgehead atoms. The molecule has 0 atom stereocenters. The van der Waals surface area contributed by atoms with Crippen molar-refractivity contribution in [2.24, 2.45) is 0 Å². The van der Waals surface area contributed by atoms with Gasteiger partial charge in [-0.25, -0.2) is 4.98 Å². The average Bonchev–Trinajstić information content (AvgIpc) is 3.19. The summed E-state index contributed by atoms with van der Waals surface area (Å²) in [6.07, 6.45) is 0.289. The first kappa shape index (κ1) is 21.8. The van der Waals surface area contributed by atoms with E-state index in [2.05, 4.69) is 41.2 Å². The summed E-state index contributed by atoms with van der Waals surface area (Å²) in [5.74, 6) is 0.816. The lowest BCUT2D eigenvalue weighted by Gasteiger charge is -2.25. The van der Waals surface area contributed by atoms with E-state index < -0.39 is 0 Å². The van der Waals surface area contributed by atoms with Gasteiger partial charge in [0, 0.05) is 30.7 Å². The summed E-state index contributed by atoms with van der Waals surface area (Å²) < 4.78 is 5.76. The third kappa shape index (κ3) is 6.32. The summed E-state index contributed by atoms with van der Waals surface area (Å²) in [7, 11) is 0. The summed E-state index contributed by atoms with van der Waals surface area (Å²) in [6, 6.07) is 16.3. The number of anilines is 1. The van der Waals surface area contributed by atoms with Gasteiger partial charge in [0.15, 0.2) is 0 Å². The Morgan fingerprint density at radius 3 is 2.63 bits per heavy atom. The Labute approximate surface area is 182 Å². The summed E-state index contributed by atoms with van der Waals surface area (Å²) in [5, 5.41) is 5.81. The predicted octanol–water partition coefficient (Wildman–Crippen LogP) is 4.52. The standard InChI is InChI=1S/C24H29N3O2S/c1-4-27(22-8-6-5-7-19(22)3)14-13-25-23(28)15-20-17-30-24(26-20)16-29-21-11-9-18(2)10-12-21/h5-12,17H,4,13-16H2,1-3H3,(H,25,28). The molecule has 0 radical (unpaired) electrons. The molecule has 1 N–H and O–H groups in total. The highest BCUT2D eigenvalue weighted by Gasteiger charge is 2.10. The molecule has 1 amide bonds. The van der Waals surface area contributed by atoms with Crippen molar-refractivity contribution < 1.29 is 9.53 Å². The maximum atomic E-state index is 12.3. The number of benzene rings is 2. The van der Waals surface area contributed by atoms with Crippen LogP contribution in [0.15, 0.2) is 53.9 Å². The number of thiazole rings is 1. The Morgan fingerprint density at radius 1 is 1.13 bits per heavy atom. The van der Waals surface area contributed by atoms with Gasteiger partial charge in [0.1, 0.15) is 17.4 Å². The highest BCUT2D eigenvalue weighted by Crippen LogP contribution is 2.19. The lowest BCUT2D eigenvalue weighted by Crippen LogP contribution is -2.35. The number of aromatic nitrogens is 1. The van der Waals surface area contributed by atoms with E-state index in [1.807, 2.05) is 48.7 Å². The molecule has 5 nitrogen and oxygen atoms in total. The lowest BCUT2D eigenvalue weighted by atomic mass is 10.2. The van der Waals surface area contributed by atoms with Gasteiger partial charge in [0.2, 0.25) is 5.91 Å². The van der Waals surface area contributed by atoms with Crippen LogP contribution in [0, 0.1) is 13.8 Å². The molecule has 158 valence electrons. The van der Waals surface area contributed by atoms with Gasteiger partial charge >= 0.3 is 0 Å². The minimum Gasteiger partial charge on any atom is -0.486 e. The molecule has 30 heavy (non-hydrogen) atoms. The Hall–Kier alpha value is -2.86. The van der Waals surface area contributed by atoms with Crippen molar-refractivity contribution in [3.8, 4) is 5.75 Å². The molecule has 0 saturated carbocycles. The number of rotatable bonds is 10. The van der Waals surface area contributed by atoms with Crippen LogP contribution >= 0.6 is 11.3 Å². The van der Waals surface area contributed by atoms with E-state index >= 15 is 0 Å². The van der Waals surface area contributed by atoms with E-state index in [4.69, 9.17) is 4.74 Å². The Balaban J connectivity index is 1.42. The second-order valence-electron chi connectivity index (χ2n) is 7.23. The van der Waals surface area contributed by atoms with Crippen LogP contribution in [0.3, 0.4) is 0 Å². The van der Waals surface area contributed by atoms with Gasteiger partial charge in [0.25, 0.3) is 0 Å². The molecule has 0 saturated heterocycles. The smallest absolute Gasteiger partial charge is 0.226 e. The second-order valence-corrected chi connectivity index (χ2v) is 8.17. The minimum atomic E-state index is -0.00728. The van der Waals surface area contributed by atoms with Crippen LogP contribution in [0.4, 0.5) is 5.69 Å². The number of hydrogen-bond donors (Lipinski definition) is 1. The fourth-order valence-corrected chi connectivity index (χ4v) is 3.91. The summed E-state index contributed by atoms with van der Waals surface area (Å²) in [5.41, 5.74) is 4.44. The maximum Gasteiger partial charge on any atom is 0.226 e. The molecule has 0 unspecified atom stereocenters. The van der Waals surface area contributed by atoms with Gasteiger partial charge in [-0.3, -0.25) is 4.79 Å². The van der Waals surface area contributed by atoms with E-state index in [1.54, 1.807) is 0 Å². The highest BCUT2D eigenvalue weighted by molar-refractivity contribution is 7.09. The Bertz CT molecular complexity index is 953. The van der Waals surface area contributed by atoms with E-state index in [1.165, 1.54) is 28.2 Å². The van der Waals surface area contributed by atoms with Crippen LogP contribution in [-0.2, 0) is 17.8 Å². The van der Waals surface area contributed by atoms with Crippen molar-refractivity contribution in [2.45, 2.75) is 33.8 Å². The van der Waals surface area contributed by atoms with Crippen molar-refractivity contribution >= 4 is 22.9 Å². The quantitative estimate of drug-likeness (QED) is 0.521. The van der Waals surface area contributed by atoms with Gasteiger partial charge in [-0.2, -0.15) is 0 Å². The number of hydrogen-bond acceptors (Lipinski definition) is 5. The van der Waals surface area contributed by atoms with Crippen LogP contribution in [0.1, 0.15) is 28.8 Å². The van der Waals surface area contributed by atoms with E-state index in [0.29, 0.717) is 13.2 Å². The molecule has 0 aliphatic carbocycles.